The maximum absolute atomic E-state index is 12.7. The molecule has 1 N–H and O–H groups in total. The number of aromatic amines is 1. The van der Waals surface area contributed by atoms with E-state index in [1.807, 2.05) is 6.07 Å². The number of carbonyl (C=O) groups excluding carboxylic acids is 1. The van der Waals surface area contributed by atoms with Crippen LogP contribution in [-0.4, -0.2) is 53.9 Å². The maximum atomic E-state index is 12.7. The minimum absolute atomic E-state index is 0.209. The SMILES string of the molecule is CC(CC(=O)c1cnc(N2CCN(C)CC2)s1)Cc1c[nH]c2ccccc12. The molecule has 1 atom stereocenters. The van der Waals surface area contributed by atoms with Gasteiger partial charge in [-0.2, -0.15) is 0 Å². The normalized spacial score (nSPS) is 16.7. The molecule has 6 heteroatoms. The standard InChI is InChI=1S/C21H26N4OS/c1-15(11-16-13-22-18-6-4-3-5-17(16)18)12-19(26)20-14-23-21(27-20)25-9-7-24(2)8-10-25/h3-6,13-15,22H,7-12H2,1-2H3. The fourth-order valence-electron chi connectivity index (χ4n) is 3.70. The molecule has 1 fully saturated rings. The average molecular weight is 383 g/mol. The fraction of sp³-hybridized carbons (Fsp3) is 0.429. The van der Waals surface area contributed by atoms with Gasteiger partial charge >= 0.3 is 0 Å². The number of para-hydroxylation sites is 1. The second-order valence-electron chi connectivity index (χ2n) is 7.59. The molecule has 2 aromatic heterocycles. The number of piperazine rings is 1. The summed E-state index contributed by atoms with van der Waals surface area (Å²) in [7, 11) is 2.14. The van der Waals surface area contributed by atoms with Crippen molar-refractivity contribution in [3.05, 3.63) is 47.1 Å². The van der Waals surface area contributed by atoms with Crippen LogP contribution in [0.3, 0.4) is 0 Å². The first kappa shape index (κ1) is 18.2. The van der Waals surface area contributed by atoms with Crippen LogP contribution in [0.1, 0.15) is 28.6 Å². The number of fused-ring (bicyclic) bond motifs is 1. The van der Waals surface area contributed by atoms with E-state index in [2.05, 4.69) is 58.1 Å². The Balaban J connectivity index is 1.37. The van der Waals surface area contributed by atoms with Crippen LogP contribution in [-0.2, 0) is 6.42 Å². The first-order valence-corrected chi connectivity index (χ1v) is 10.4. The van der Waals surface area contributed by atoms with Crippen molar-refractivity contribution in [1.29, 1.82) is 0 Å². The Morgan fingerprint density at radius 3 is 2.85 bits per heavy atom. The second-order valence-corrected chi connectivity index (χ2v) is 8.60. The van der Waals surface area contributed by atoms with Gasteiger partial charge in [-0.1, -0.05) is 36.5 Å². The number of thiazole rings is 1. The van der Waals surface area contributed by atoms with Gasteiger partial charge < -0.3 is 14.8 Å². The first-order chi connectivity index (χ1) is 13.1. The summed E-state index contributed by atoms with van der Waals surface area (Å²) in [5.74, 6) is 0.506. The molecule has 0 bridgehead atoms. The average Bonchev–Trinajstić information content (AvgIpc) is 3.30. The van der Waals surface area contributed by atoms with E-state index in [0.717, 1.165) is 48.1 Å². The van der Waals surface area contributed by atoms with Crippen LogP contribution in [0.4, 0.5) is 5.13 Å². The lowest BCUT2D eigenvalue weighted by atomic mass is 9.95. The Hall–Kier alpha value is -2.18. The Bertz CT molecular complexity index is 923. The van der Waals surface area contributed by atoms with Crippen molar-refractivity contribution < 1.29 is 4.79 Å². The molecule has 0 aliphatic carbocycles. The summed E-state index contributed by atoms with van der Waals surface area (Å²) in [6, 6.07) is 8.33. The molecule has 27 heavy (non-hydrogen) atoms. The zero-order valence-electron chi connectivity index (χ0n) is 15.9. The molecule has 5 nitrogen and oxygen atoms in total. The number of nitrogens with one attached hydrogen (secondary N) is 1. The minimum atomic E-state index is 0.209. The number of anilines is 1. The number of rotatable bonds is 6. The second kappa shape index (κ2) is 7.82. The molecule has 1 aliphatic rings. The quantitative estimate of drug-likeness (QED) is 0.659. The number of H-pyrrole nitrogens is 1. The largest absolute Gasteiger partial charge is 0.361 e. The van der Waals surface area contributed by atoms with E-state index in [-0.39, 0.29) is 5.78 Å². The van der Waals surface area contributed by atoms with Gasteiger partial charge in [0, 0.05) is 49.7 Å². The molecule has 0 spiro atoms. The lowest BCUT2D eigenvalue weighted by Crippen LogP contribution is -2.44. The summed E-state index contributed by atoms with van der Waals surface area (Å²) in [5, 5.41) is 2.24. The molecule has 1 unspecified atom stereocenters. The smallest absolute Gasteiger partial charge is 0.186 e. The van der Waals surface area contributed by atoms with Crippen molar-refractivity contribution in [2.24, 2.45) is 5.92 Å². The van der Waals surface area contributed by atoms with E-state index >= 15 is 0 Å². The number of hydrogen-bond acceptors (Lipinski definition) is 5. The van der Waals surface area contributed by atoms with Gasteiger partial charge in [0.25, 0.3) is 0 Å². The van der Waals surface area contributed by atoms with Gasteiger partial charge in [0.05, 0.1) is 11.1 Å². The lowest BCUT2D eigenvalue weighted by molar-refractivity contribution is 0.0968. The highest BCUT2D eigenvalue weighted by molar-refractivity contribution is 7.17. The van der Waals surface area contributed by atoms with E-state index in [1.165, 1.54) is 10.9 Å². The molecule has 0 amide bonds. The third-order valence-electron chi connectivity index (χ3n) is 5.32. The number of ketones is 1. The number of carbonyl (C=O) groups is 1. The number of likely N-dealkylation sites (N-methyl/N-ethyl adjacent to an activating group) is 1. The molecule has 4 rings (SSSR count). The summed E-state index contributed by atoms with van der Waals surface area (Å²) < 4.78 is 0. The zero-order valence-corrected chi connectivity index (χ0v) is 16.8. The van der Waals surface area contributed by atoms with Crippen LogP contribution >= 0.6 is 11.3 Å². The van der Waals surface area contributed by atoms with E-state index < -0.39 is 0 Å². The number of hydrogen-bond donors (Lipinski definition) is 1. The van der Waals surface area contributed by atoms with Crippen LogP contribution in [0.15, 0.2) is 36.7 Å². The van der Waals surface area contributed by atoms with E-state index in [9.17, 15) is 4.79 Å². The summed E-state index contributed by atoms with van der Waals surface area (Å²) in [6.07, 6.45) is 5.30. The van der Waals surface area contributed by atoms with Gasteiger partial charge in [0.15, 0.2) is 10.9 Å². The number of nitrogens with zero attached hydrogens (tertiary/aromatic N) is 3. The number of Topliss-reactive ketones (excluding diaryl/α,β-unsaturated/α-hetero) is 1. The van der Waals surface area contributed by atoms with Crippen molar-refractivity contribution in [3.63, 3.8) is 0 Å². The predicted octanol–water partition coefficient (Wildman–Crippen LogP) is 3.83. The van der Waals surface area contributed by atoms with Gasteiger partial charge in [-0.25, -0.2) is 4.98 Å². The highest BCUT2D eigenvalue weighted by Gasteiger charge is 2.20. The molecule has 1 aromatic carbocycles. The summed E-state index contributed by atoms with van der Waals surface area (Å²) in [5.41, 5.74) is 2.44. The predicted molar refractivity (Wildman–Crippen MR) is 112 cm³/mol. The molecule has 3 heterocycles. The zero-order chi connectivity index (χ0) is 18.8. The molecule has 1 saturated heterocycles. The lowest BCUT2D eigenvalue weighted by Gasteiger charge is -2.32. The van der Waals surface area contributed by atoms with Crippen molar-refractivity contribution >= 4 is 33.2 Å². The molecule has 142 valence electrons. The molecule has 0 radical (unpaired) electrons. The van der Waals surface area contributed by atoms with Gasteiger partial charge in [-0.15, -0.1) is 0 Å². The third kappa shape index (κ3) is 4.06. The topological polar surface area (TPSA) is 52.2 Å². The van der Waals surface area contributed by atoms with E-state index in [0.29, 0.717) is 12.3 Å². The number of aromatic nitrogens is 2. The van der Waals surface area contributed by atoms with Crippen LogP contribution in [0.2, 0.25) is 0 Å². The molecular weight excluding hydrogens is 356 g/mol. The molecule has 3 aromatic rings. The van der Waals surface area contributed by atoms with Crippen LogP contribution in [0.25, 0.3) is 10.9 Å². The Morgan fingerprint density at radius 1 is 1.26 bits per heavy atom. The van der Waals surface area contributed by atoms with Gasteiger partial charge in [0.1, 0.15) is 0 Å². The molecule has 1 aliphatic heterocycles. The Morgan fingerprint density at radius 2 is 2.04 bits per heavy atom. The molecular formula is C21H26N4OS. The highest BCUT2D eigenvalue weighted by atomic mass is 32.1. The highest BCUT2D eigenvalue weighted by Crippen LogP contribution is 2.27. The Labute approximate surface area is 164 Å². The van der Waals surface area contributed by atoms with Gasteiger partial charge in [-0.3, -0.25) is 4.79 Å². The van der Waals surface area contributed by atoms with Crippen molar-refractivity contribution in [1.82, 2.24) is 14.9 Å². The van der Waals surface area contributed by atoms with E-state index in [1.54, 1.807) is 17.5 Å². The minimum Gasteiger partial charge on any atom is -0.361 e. The van der Waals surface area contributed by atoms with Crippen molar-refractivity contribution in [3.8, 4) is 0 Å². The van der Waals surface area contributed by atoms with Crippen molar-refractivity contribution in [2.75, 3.05) is 38.1 Å². The van der Waals surface area contributed by atoms with Gasteiger partial charge in [0.2, 0.25) is 0 Å². The third-order valence-corrected chi connectivity index (χ3v) is 6.42. The Kier molecular flexibility index (Phi) is 5.27. The number of benzene rings is 1. The van der Waals surface area contributed by atoms with Crippen LogP contribution in [0.5, 0.6) is 0 Å². The van der Waals surface area contributed by atoms with Crippen LogP contribution in [0, 0.1) is 5.92 Å². The summed E-state index contributed by atoms with van der Waals surface area (Å²) in [4.78, 5) is 26.0. The van der Waals surface area contributed by atoms with Crippen LogP contribution < -0.4 is 4.90 Å². The van der Waals surface area contributed by atoms with E-state index in [4.69, 9.17) is 0 Å². The van der Waals surface area contributed by atoms with Crippen molar-refractivity contribution in [2.45, 2.75) is 19.8 Å². The fourth-order valence-corrected chi connectivity index (χ4v) is 4.62. The first-order valence-electron chi connectivity index (χ1n) is 9.57. The summed E-state index contributed by atoms with van der Waals surface area (Å²) >= 11 is 1.54. The van der Waals surface area contributed by atoms with Gasteiger partial charge in [-0.05, 0) is 31.0 Å². The summed E-state index contributed by atoms with van der Waals surface area (Å²) in [6.45, 7) is 6.21. The maximum Gasteiger partial charge on any atom is 0.186 e. The molecule has 0 saturated carbocycles. The monoisotopic (exact) mass is 382 g/mol.